The average molecular weight is 424 g/mol. The molecule has 2 atom stereocenters. The number of thiophene rings is 1. The molecular weight excluding hydrogens is 396 g/mol. The molecule has 0 spiro atoms. The third-order valence-electron chi connectivity index (χ3n) is 5.27. The topological polar surface area (TPSA) is 64.2 Å². The lowest BCUT2D eigenvalue weighted by atomic mass is 10.0. The van der Waals surface area contributed by atoms with Crippen LogP contribution in [0.5, 0.6) is 11.5 Å². The van der Waals surface area contributed by atoms with Crippen LogP contribution in [0, 0.1) is 6.92 Å². The molecular formula is C24H27N2O3S+. The van der Waals surface area contributed by atoms with Crippen molar-refractivity contribution in [1.82, 2.24) is 5.32 Å². The average Bonchev–Trinajstić information content (AvgIpc) is 3.29. The summed E-state index contributed by atoms with van der Waals surface area (Å²) in [6, 6.07) is 18.5. The van der Waals surface area contributed by atoms with Crippen LogP contribution < -0.4 is 20.1 Å². The van der Waals surface area contributed by atoms with Gasteiger partial charge in [0.05, 0.1) is 10.9 Å². The molecule has 4 rings (SSSR count). The van der Waals surface area contributed by atoms with E-state index in [2.05, 4.69) is 59.3 Å². The third kappa shape index (κ3) is 4.83. The second-order valence-corrected chi connectivity index (χ2v) is 8.52. The van der Waals surface area contributed by atoms with Gasteiger partial charge in [-0.15, -0.1) is 11.3 Å². The van der Waals surface area contributed by atoms with Gasteiger partial charge >= 0.3 is 0 Å². The predicted molar refractivity (Wildman–Crippen MR) is 118 cm³/mol. The number of hydrogen-bond acceptors (Lipinski definition) is 4. The molecule has 156 valence electrons. The molecule has 3 aromatic rings. The summed E-state index contributed by atoms with van der Waals surface area (Å²) in [7, 11) is 0. The molecule has 3 N–H and O–H groups in total. The van der Waals surface area contributed by atoms with Crippen molar-refractivity contribution in [3.8, 4) is 11.5 Å². The number of hydrogen-bond donors (Lipinski definition) is 2. The Morgan fingerprint density at radius 2 is 1.80 bits per heavy atom. The molecule has 1 amide bonds. The van der Waals surface area contributed by atoms with E-state index >= 15 is 0 Å². The van der Waals surface area contributed by atoms with E-state index in [1.165, 1.54) is 16.0 Å². The highest BCUT2D eigenvalue weighted by atomic mass is 32.1. The Kier molecular flexibility index (Phi) is 6.35. The standard InChI is InChI=1S/C24H26N2O3S/c1-16-5-7-18(8-6-16)24(22-4-3-13-30-22)25-15-23(27)26-17(2)19-9-10-20-21(14-19)29-12-11-28-20/h3-10,13-14,17,24-25H,11-12,15H2,1-2H3,(H,26,27)/p+1/t17-,24+/m0/s1. The number of nitrogens with one attached hydrogen (secondary N) is 1. The first-order chi connectivity index (χ1) is 14.6. The summed E-state index contributed by atoms with van der Waals surface area (Å²) in [6.45, 7) is 5.54. The van der Waals surface area contributed by atoms with Gasteiger partial charge in [-0.3, -0.25) is 4.79 Å². The van der Waals surface area contributed by atoms with E-state index in [0.717, 1.165) is 17.1 Å². The van der Waals surface area contributed by atoms with Gasteiger partial charge in [0.25, 0.3) is 5.91 Å². The monoisotopic (exact) mass is 423 g/mol. The number of nitrogens with two attached hydrogens (primary N) is 1. The van der Waals surface area contributed by atoms with Crippen LogP contribution in [-0.2, 0) is 4.79 Å². The molecule has 0 unspecified atom stereocenters. The molecule has 2 heterocycles. The van der Waals surface area contributed by atoms with E-state index in [4.69, 9.17) is 9.47 Å². The van der Waals surface area contributed by atoms with Crippen LogP contribution in [0.4, 0.5) is 0 Å². The zero-order valence-corrected chi connectivity index (χ0v) is 18.1. The minimum absolute atomic E-state index is 0.00561. The minimum Gasteiger partial charge on any atom is -0.486 e. The molecule has 0 fully saturated rings. The van der Waals surface area contributed by atoms with Crippen LogP contribution in [0.15, 0.2) is 60.0 Å². The van der Waals surface area contributed by atoms with Crippen LogP contribution in [0.1, 0.15) is 40.6 Å². The number of rotatable bonds is 7. The molecule has 1 aromatic heterocycles. The predicted octanol–water partition coefficient (Wildman–Crippen LogP) is 3.36. The normalized spacial score (nSPS) is 14.7. The molecule has 1 aliphatic rings. The summed E-state index contributed by atoms with van der Waals surface area (Å²) in [5, 5.41) is 7.28. The van der Waals surface area contributed by atoms with E-state index in [0.29, 0.717) is 19.8 Å². The van der Waals surface area contributed by atoms with Crippen molar-refractivity contribution in [2.75, 3.05) is 19.8 Å². The second-order valence-electron chi connectivity index (χ2n) is 7.54. The maximum Gasteiger partial charge on any atom is 0.275 e. The summed E-state index contributed by atoms with van der Waals surface area (Å²) in [6.07, 6.45) is 0. The maximum atomic E-state index is 12.7. The Bertz CT molecular complexity index is 986. The van der Waals surface area contributed by atoms with Gasteiger partial charge in [0.15, 0.2) is 18.0 Å². The highest BCUT2D eigenvalue weighted by Gasteiger charge is 2.21. The highest BCUT2D eigenvalue weighted by molar-refractivity contribution is 7.10. The summed E-state index contributed by atoms with van der Waals surface area (Å²) in [5.41, 5.74) is 3.44. The molecule has 0 bridgehead atoms. The molecule has 30 heavy (non-hydrogen) atoms. The first-order valence-corrected chi connectivity index (χ1v) is 11.1. The Balaban J connectivity index is 1.39. The smallest absolute Gasteiger partial charge is 0.275 e. The number of aryl methyl sites for hydroxylation is 1. The molecule has 2 aromatic carbocycles. The lowest BCUT2D eigenvalue weighted by Crippen LogP contribution is -2.87. The van der Waals surface area contributed by atoms with Crippen molar-refractivity contribution in [3.05, 3.63) is 81.5 Å². The van der Waals surface area contributed by atoms with Gasteiger partial charge in [0, 0.05) is 5.56 Å². The van der Waals surface area contributed by atoms with Crippen LogP contribution in [-0.4, -0.2) is 25.7 Å². The number of carbonyl (C=O) groups is 1. The second kappa shape index (κ2) is 9.32. The van der Waals surface area contributed by atoms with Gasteiger partial charge in [-0.25, -0.2) is 0 Å². The zero-order valence-electron chi connectivity index (χ0n) is 17.3. The van der Waals surface area contributed by atoms with Crippen molar-refractivity contribution in [2.45, 2.75) is 25.9 Å². The van der Waals surface area contributed by atoms with Crippen molar-refractivity contribution >= 4 is 17.2 Å². The molecule has 1 aliphatic heterocycles. The molecule has 0 saturated carbocycles. The van der Waals surface area contributed by atoms with Gasteiger partial charge in [-0.1, -0.05) is 42.0 Å². The summed E-state index contributed by atoms with van der Waals surface area (Å²) in [5.74, 6) is 1.50. The van der Waals surface area contributed by atoms with Gasteiger partial charge in [0.2, 0.25) is 0 Å². The van der Waals surface area contributed by atoms with E-state index in [9.17, 15) is 4.79 Å². The lowest BCUT2D eigenvalue weighted by molar-refractivity contribution is -0.676. The van der Waals surface area contributed by atoms with Crippen LogP contribution >= 0.6 is 11.3 Å². The molecule has 5 nitrogen and oxygen atoms in total. The van der Waals surface area contributed by atoms with E-state index < -0.39 is 0 Å². The number of ether oxygens (including phenoxy) is 2. The third-order valence-corrected chi connectivity index (χ3v) is 6.22. The number of carbonyl (C=O) groups excluding carboxylic acids is 1. The van der Waals surface area contributed by atoms with Crippen LogP contribution in [0.25, 0.3) is 0 Å². The maximum absolute atomic E-state index is 12.7. The largest absolute Gasteiger partial charge is 0.486 e. The van der Waals surface area contributed by atoms with E-state index in [-0.39, 0.29) is 18.0 Å². The first-order valence-electron chi connectivity index (χ1n) is 10.2. The SMILES string of the molecule is Cc1ccc([C@@H]([NH2+]CC(=O)N[C@@H](C)c2ccc3c(c2)OCCO3)c2cccs2)cc1. The fraction of sp³-hybridized carbons (Fsp3) is 0.292. The number of quaternary nitrogens is 1. The van der Waals surface area contributed by atoms with Crippen molar-refractivity contribution in [2.24, 2.45) is 0 Å². The quantitative estimate of drug-likeness (QED) is 0.613. The Morgan fingerprint density at radius 1 is 1.07 bits per heavy atom. The Morgan fingerprint density at radius 3 is 2.53 bits per heavy atom. The van der Waals surface area contributed by atoms with Gasteiger partial charge < -0.3 is 20.1 Å². The van der Waals surface area contributed by atoms with Crippen molar-refractivity contribution in [1.29, 1.82) is 0 Å². The zero-order chi connectivity index (χ0) is 20.9. The minimum atomic E-state index is -0.110. The molecule has 0 aliphatic carbocycles. The highest BCUT2D eigenvalue weighted by Crippen LogP contribution is 2.32. The Hall–Kier alpha value is -2.83. The summed E-state index contributed by atoms with van der Waals surface area (Å²) >= 11 is 1.72. The fourth-order valence-corrected chi connectivity index (χ4v) is 4.45. The molecule has 6 heteroatoms. The number of amides is 1. The van der Waals surface area contributed by atoms with Crippen molar-refractivity contribution in [3.63, 3.8) is 0 Å². The molecule has 0 saturated heterocycles. The Labute approximate surface area is 181 Å². The van der Waals surface area contributed by atoms with E-state index in [1.54, 1.807) is 11.3 Å². The lowest BCUT2D eigenvalue weighted by Gasteiger charge is -2.21. The van der Waals surface area contributed by atoms with E-state index in [1.807, 2.05) is 25.1 Å². The first kappa shape index (κ1) is 20.4. The van der Waals surface area contributed by atoms with Crippen molar-refractivity contribution < 1.29 is 19.6 Å². The van der Waals surface area contributed by atoms with Crippen LogP contribution in [0.3, 0.4) is 0 Å². The van der Waals surface area contributed by atoms with Gasteiger partial charge in [-0.05, 0) is 43.0 Å². The van der Waals surface area contributed by atoms with Gasteiger partial charge in [-0.2, -0.15) is 0 Å². The van der Waals surface area contributed by atoms with Crippen LogP contribution in [0.2, 0.25) is 0 Å². The van der Waals surface area contributed by atoms with Gasteiger partial charge in [0.1, 0.15) is 19.3 Å². The molecule has 0 radical (unpaired) electrons. The summed E-state index contributed by atoms with van der Waals surface area (Å²) < 4.78 is 11.2. The number of fused-ring (bicyclic) bond motifs is 1. The number of benzene rings is 2. The fourth-order valence-electron chi connectivity index (χ4n) is 3.60. The summed E-state index contributed by atoms with van der Waals surface area (Å²) in [4.78, 5) is 13.9.